The third-order valence-corrected chi connectivity index (χ3v) is 4.79. The predicted molar refractivity (Wildman–Crippen MR) is 98.5 cm³/mol. The van der Waals surface area contributed by atoms with E-state index in [2.05, 4.69) is 33.4 Å². The first-order valence-corrected chi connectivity index (χ1v) is 9.29. The maximum absolute atomic E-state index is 11.8. The summed E-state index contributed by atoms with van der Waals surface area (Å²) in [6.07, 6.45) is 0.819. The highest BCUT2D eigenvalue weighted by molar-refractivity contribution is 9.10. The first-order chi connectivity index (χ1) is 10.6. The van der Waals surface area contributed by atoms with Gasteiger partial charge in [0.2, 0.25) is 5.91 Å². The fraction of sp³-hybridized carbons (Fsp3) is 0.235. The van der Waals surface area contributed by atoms with Crippen LogP contribution in [0.15, 0.2) is 53.0 Å². The van der Waals surface area contributed by atoms with Gasteiger partial charge in [0, 0.05) is 21.8 Å². The van der Waals surface area contributed by atoms with Crippen molar-refractivity contribution in [2.75, 3.05) is 12.3 Å². The Hall–Kier alpha value is -0.970. The van der Waals surface area contributed by atoms with Crippen LogP contribution >= 0.6 is 39.3 Å². The van der Waals surface area contributed by atoms with Gasteiger partial charge in [-0.1, -0.05) is 51.8 Å². The Kier molecular flexibility index (Phi) is 7.30. The van der Waals surface area contributed by atoms with E-state index < -0.39 is 0 Å². The molecule has 2 rings (SSSR count). The number of halogens is 2. The average Bonchev–Trinajstić information content (AvgIpc) is 2.49. The van der Waals surface area contributed by atoms with E-state index in [4.69, 9.17) is 11.6 Å². The number of amides is 1. The molecule has 0 bridgehead atoms. The molecule has 0 unspecified atom stereocenters. The smallest absolute Gasteiger partial charge is 0.230 e. The van der Waals surface area contributed by atoms with Crippen LogP contribution in [0.25, 0.3) is 0 Å². The van der Waals surface area contributed by atoms with Crippen LogP contribution in [0.4, 0.5) is 0 Å². The molecule has 0 atom stereocenters. The Morgan fingerprint density at radius 2 is 1.91 bits per heavy atom. The lowest BCUT2D eigenvalue weighted by Gasteiger charge is -2.06. The van der Waals surface area contributed by atoms with Crippen molar-refractivity contribution in [3.63, 3.8) is 0 Å². The van der Waals surface area contributed by atoms with E-state index in [1.807, 2.05) is 36.4 Å². The van der Waals surface area contributed by atoms with Crippen molar-refractivity contribution in [2.45, 2.75) is 12.2 Å². The molecule has 0 aromatic heterocycles. The van der Waals surface area contributed by atoms with Crippen LogP contribution in [0.1, 0.15) is 11.1 Å². The highest BCUT2D eigenvalue weighted by atomic mass is 79.9. The zero-order valence-corrected chi connectivity index (χ0v) is 15.2. The van der Waals surface area contributed by atoms with Gasteiger partial charge >= 0.3 is 0 Å². The molecule has 0 aliphatic heterocycles. The molecule has 5 heteroatoms. The lowest BCUT2D eigenvalue weighted by molar-refractivity contribution is -0.118. The normalized spacial score (nSPS) is 10.5. The van der Waals surface area contributed by atoms with Crippen molar-refractivity contribution >= 4 is 45.2 Å². The third kappa shape index (κ3) is 6.42. The summed E-state index contributed by atoms with van der Waals surface area (Å²) in [6.45, 7) is 0.651. The van der Waals surface area contributed by atoms with Crippen molar-refractivity contribution < 1.29 is 4.79 Å². The minimum Gasteiger partial charge on any atom is -0.355 e. The minimum atomic E-state index is 0.0777. The van der Waals surface area contributed by atoms with Crippen molar-refractivity contribution in [3.05, 3.63) is 69.2 Å². The van der Waals surface area contributed by atoms with Gasteiger partial charge in [0.25, 0.3) is 0 Å². The lowest BCUT2D eigenvalue weighted by atomic mass is 10.1. The van der Waals surface area contributed by atoms with E-state index >= 15 is 0 Å². The molecular formula is C17H17BrClNOS. The van der Waals surface area contributed by atoms with Gasteiger partial charge < -0.3 is 5.32 Å². The van der Waals surface area contributed by atoms with Crippen LogP contribution in [0.5, 0.6) is 0 Å². The molecule has 0 saturated heterocycles. The molecule has 116 valence electrons. The Morgan fingerprint density at radius 3 is 2.64 bits per heavy atom. The highest BCUT2D eigenvalue weighted by Crippen LogP contribution is 2.16. The third-order valence-electron chi connectivity index (χ3n) is 3.04. The predicted octanol–water partition coefficient (Wildman–Crippen LogP) is 4.69. The Morgan fingerprint density at radius 1 is 1.14 bits per heavy atom. The number of hydrogen-bond donors (Lipinski definition) is 1. The first-order valence-electron chi connectivity index (χ1n) is 6.97. The van der Waals surface area contributed by atoms with Crippen LogP contribution in [-0.2, 0) is 17.0 Å². The molecule has 0 radical (unpaired) electrons. The molecule has 1 amide bonds. The van der Waals surface area contributed by atoms with Gasteiger partial charge in [-0.15, -0.1) is 11.8 Å². The van der Waals surface area contributed by atoms with Crippen LogP contribution in [0.3, 0.4) is 0 Å². The van der Waals surface area contributed by atoms with Crippen molar-refractivity contribution in [1.82, 2.24) is 5.32 Å². The summed E-state index contributed by atoms with van der Waals surface area (Å²) < 4.78 is 1.07. The van der Waals surface area contributed by atoms with Crippen molar-refractivity contribution in [3.8, 4) is 0 Å². The summed E-state index contributed by atoms with van der Waals surface area (Å²) in [4.78, 5) is 11.8. The number of thioether (sulfide) groups is 1. The number of hydrogen-bond acceptors (Lipinski definition) is 2. The van der Waals surface area contributed by atoms with Crippen LogP contribution < -0.4 is 5.32 Å². The largest absolute Gasteiger partial charge is 0.355 e. The quantitative estimate of drug-likeness (QED) is 0.733. The molecule has 0 aliphatic rings. The topological polar surface area (TPSA) is 29.1 Å². The van der Waals surface area contributed by atoms with E-state index in [-0.39, 0.29) is 5.91 Å². The molecule has 0 spiro atoms. The summed E-state index contributed by atoms with van der Waals surface area (Å²) in [6, 6.07) is 15.8. The average molecular weight is 399 g/mol. The zero-order valence-electron chi connectivity index (χ0n) is 12.0. The van der Waals surface area contributed by atoms with Crippen LogP contribution in [0.2, 0.25) is 5.02 Å². The number of benzene rings is 2. The molecule has 0 heterocycles. The second kappa shape index (κ2) is 9.23. The van der Waals surface area contributed by atoms with E-state index in [0.717, 1.165) is 21.7 Å². The SMILES string of the molecule is O=C(CSCc1cccc(Br)c1)NCCc1ccc(Cl)cc1. The lowest BCUT2D eigenvalue weighted by Crippen LogP contribution is -2.27. The maximum atomic E-state index is 11.8. The van der Waals surface area contributed by atoms with E-state index in [1.165, 1.54) is 11.1 Å². The Balaban J connectivity index is 1.62. The summed E-state index contributed by atoms with van der Waals surface area (Å²) in [5, 5.41) is 3.67. The fourth-order valence-corrected chi connectivity index (χ4v) is 3.31. The minimum absolute atomic E-state index is 0.0777. The van der Waals surface area contributed by atoms with Crippen molar-refractivity contribution in [2.24, 2.45) is 0 Å². The van der Waals surface area contributed by atoms with Gasteiger partial charge in [0.05, 0.1) is 5.75 Å². The molecule has 0 saturated carbocycles. The van der Waals surface area contributed by atoms with Gasteiger partial charge in [-0.05, 0) is 41.8 Å². The number of rotatable bonds is 7. The summed E-state index contributed by atoms with van der Waals surface area (Å²) in [5.74, 6) is 1.39. The zero-order chi connectivity index (χ0) is 15.8. The Labute approximate surface area is 148 Å². The summed E-state index contributed by atoms with van der Waals surface area (Å²) in [7, 11) is 0. The van der Waals surface area contributed by atoms with Crippen molar-refractivity contribution in [1.29, 1.82) is 0 Å². The molecular weight excluding hydrogens is 382 g/mol. The second-order valence-corrected chi connectivity index (χ2v) is 7.19. The summed E-state index contributed by atoms with van der Waals surface area (Å²) in [5.41, 5.74) is 2.39. The number of carbonyl (C=O) groups is 1. The summed E-state index contributed by atoms with van der Waals surface area (Å²) >= 11 is 10.9. The second-order valence-electron chi connectivity index (χ2n) is 4.85. The van der Waals surface area contributed by atoms with Gasteiger partial charge in [-0.25, -0.2) is 0 Å². The van der Waals surface area contributed by atoms with Gasteiger partial charge in [0.15, 0.2) is 0 Å². The van der Waals surface area contributed by atoms with Gasteiger partial charge in [-0.2, -0.15) is 0 Å². The fourth-order valence-electron chi connectivity index (χ4n) is 1.94. The monoisotopic (exact) mass is 397 g/mol. The molecule has 2 aromatic rings. The maximum Gasteiger partial charge on any atom is 0.230 e. The molecule has 22 heavy (non-hydrogen) atoms. The first kappa shape index (κ1) is 17.4. The molecule has 0 fully saturated rings. The van der Waals surface area contributed by atoms with E-state index in [0.29, 0.717) is 12.3 Å². The van der Waals surface area contributed by atoms with Crippen LogP contribution in [-0.4, -0.2) is 18.2 Å². The van der Waals surface area contributed by atoms with Gasteiger partial charge in [0.1, 0.15) is 0 Å². The van der Waals surface area contributed by atoms with Crippen LogP contribution in [0, 0.1) is 0 Å². The van der Waals surface area contributed by atoms with Gasteiger partial charge in [-0.3, -0.25) is 4.79 Å². The van der Waals surface area contributed by atoms with E-state index in [1.54, 1.807) is 11.8 Å². The molecule has 1 N–H and O–H groups in total. The number of carbonyl (C=O) groups excluding carboxylic acids is 1. The molecule has 2 aromatic carbocycles. The standard InChI is InChI=1S/C17H17BrClNOS/c18-15-3-1-2-14(10-15)11-22-12-17(21)20-9-8-13-4-6-16(19)7-5-13/h1-7,10H,8-9,11-12H2,(H,20,21). The highest BCUT2D eigenvalue weighted by Gasteiger charge is 2.02. The molecule has 0 aliphatic carbocycles. The Bertz CT molecular complexity index is 618. The number of nitrogens with one attached hydrogen (secondary N) is 1. The van der Waals surface area contributed by atoms with E-state index in [9.17, 15) is 4.79 Å². The molecule has 2 nitrogen and oxygen atoms in total.